The van der Waals surface area contributed by atoms with Crippen LogP contribution in [0, 0.1) is 0 Å². The minimum atomic E-state index is -3.56. The maximum Gasteiger partial charge on any atom is 0.240 e. The average Bonchev–Trinajstić information content (AvgIpc) is 3.31. The first-order valence-electron chi connectivity index (χ1n) is 8.25. The van der Waals surface area contributed by atoms with Crippen LogP contribution in [0.1, 0.15) is 46.8 Å². The summed E-state index contributed by atoms with van der Waals surface area (Å²) in [4.78, 5) is 1.92. The normalized spacial score (nSPS) is 13.2. The van der Waals surface area contributed by atoms with E-state index in [9.17, 15) is 13.5 Å². The largest absolute Gasteiger partial charge is 0.383 e. The molecule has 0 radical (unpaired) electrons. The van der Waals surface area contributed by atoms with Gasteiger partial charge in [0.05, 0.1) is 4.90 Å². The Hall–Kier alpha value is -1.51. The van der Waals surface area contributed by atoms with Crippen LogP contribution in [-0.2, 0) is 16.6 Å². The van der Waals surface area contributed by atoms with Gasteiger partial charge in [0.15, 0.2) is 0 Å². The van der Waals surface area contributed by atoms with Crippen LogP contribution >= 0.6 is 22.7 Å². The predicted molar refractivity (Wildman–Crippen MR) is 107 cm³/mol. The van der Waals surface area contributed by atoms with Crippen LogP contribution < -0.4 is 4.72 Å². The number of hydrogen-bond donors (Lipinski definition) is 2. The molecule has 0 bridgehead atoms. The van der Waals surface area contributed by atoms with Crippen LogP contribution in [0.25, 0.3) is 0 Å². The van der Waals surface area contributed by atoms with Gasteiger partial charge in [-0.05, 0) is 58.1 Å². The molecule has 1 atom stereocenters. The van der Waals surface area contributed by atoms with E-state index in [-0.39, 0.29) is 11.4 Å². The lowest BCUT2D eigenvalue weighted by atomic mass is 10.0. The van der Waals surface area contributed by atoms with Gasteiger partial charge in [-0.1, -0.05) is 26.0 Å². The summed E-state index contributed by atoms with van der Waals surface area (Å²) < 4.78 is 27.5. The van der Waals surface area contributed by atoms with Crippen molar-refractivity contribution < 1.29 is 13.5 Å². The number of hydrogen-bond acceptors (Lipinski definition) is 5. The molecule has 1 unspecified atom stereocenters. The van der Waals surface area contributed by atoms with E-state index < -0.39 is 16.1 Å². The Balaban J connectivity index is 1.66. The average molecular weight is 408 g/mol. The van der Waals surface area contributed by atoms with Crippen molar-refractivity contribution in [2.24, 2.45) is 0 Å². The summed E-state index contributed by atoms with van der Waals surface area (Å²) in [6.07, 6.45) is -0.666. The second kappa shape index (κ2) is 8.02. The van der Waals surface area contributed by atoms with Crippen molar-refractivity contribution in [3.05, 3.63) is 74.1 Å². The lowest BCUT2D eigenvalue weighted by Gasteiger charge is -2.09. The van der Waals surface area contributed by atoms with Crippen LogP contribution in [0.5, 0.6) is 0 Å². The zero-order chi connectivity index (χ0) is 18.7. The molecule has 3 rings (SSSR count). The molecule has 0 fully saturated rings. The molecule has 4 nitrogen and oxygen atoms in total. The number of aliphatic hydroxyl groups is 1. The zero-order valence-electron chi connectivity index (χ0n) is 14.5. The zero-order valence-corrected chi connectivity index (χ0v) is 17.0. The molecule has 138 valence electrons. The quantitative estimate of drug-likeness (QED) is 0.606. The third kappa shape index (κ3) is 4.42. The topological polar surface area (TPSA) is 66.4 Å². The van der Waals surface area contributed by atoms with Gasteiger partial charge in [-0.2, -0.15) is 11.3 Å². The maximum absolute atomic E-state index is 12.5. The highest BCUT2D eigenvalue weighted by molar-refractivity contribution is 7.89. The summed E-state index contributed by atoms with van der Waals surface area (Å²) in [6, 6.07) is 12.5. The first-order chi connectivity index (χ1) is 12.4. The Morgan fingerprint density at radius 1 is 1.04 bits per heavy atom. The molecule has 2 heterocycles. The van der Waals surface area contributed by atoms with Crippen molar-refractivity contribution in [3.8, 4) is 0 Å². The van der Waals surface area contributed by atoms with Crippen molar-refractivity contribution in [2.75, 3.05) is 0 Å². The van der Waals surface area contributed by atoms with E-state index >= 15 is 0 Å². The molecule has 3 aromatic rings. The number of nitrogens with one attached hydrogen (secondary N) is 1. The van der Waals surface area contributed by atoms with E-state index in [1.807, 2.05) is 41.1 Å². The minimum Gasteiger partial charge on any atom is -0.383 e. The maximum atomic E-state index is 12.5. The summed E-state index contributed by atoms with van der Waals surface area (Å²) >= 11 is 2.95. The van der Waals surface area contributed by atoms with E-state index in [0.717, 1.165) is 20.9 Å². The summed E-state index contributed by atoms with van der Waals surface area (Å²) in [7, 11) is -3.56. The number of aliphatic hydroxyl groups excluding tert-OH is 1. The third-order valence-corrected chi connectivity index (χ3v) is 7.36. The van der Waals surface area contributed by atoms with Gasteiger partial charge in [0.1, 0.15) is 6.10 Å². The van der Waals surface area contributed by atoms with Gasteiger partial charge in [0.2, 0.25) is 10.0 Å². The smallest absolute Gasteiger partial charge is 0.240 e. The molecular formula is C19H21NO3S3. The summed E-state index contributed by atoms with van der Waals surface area (Å²) in [5.41, 5.74) is 1.96. The summed E-state index contributed by atoms with van der Waals surface area (Å²) in [6.45, 7) is 4.34. The van der Waals surface area contributed by atoms with Gasteiger partial charge in [-0.15, -0.1) is 11.3 Å². The molecule has 1 aromatic carbocycles. The van der Waals surface area contributed by atoms with E-state index in [4.69, 9.17) is 0 Å². The number of sulfonamides is 1. The van der Waals surface area contributed by atoms with E-state index in [0.29, 0.717) is 5.92 Å². The van der Waals surface area contributed by atoms with Gasteiger partial charge in [0, 0.05) is 16.3 Å². The fraction of sp³-hybridized carbons (Fsp3) is 0.263. The minimum absolute atomic E-state index is 0.204. The lowest BCUT2D eigenvalue weighted by Crippen LogP contribution is -2.22. The molecule has 0 aliphatic heterocycles. The molecule has 0 saturated heterocycles. The molecule has 2 aromatic heterocycles. The Morgan fingerprint density at radius 2 is 1.77 bits per heavy atom. The molecule has 0 aliphatic rings. The molecule has 0 spiro atoms. The Bertz CT molecular complexity index is 942. The molecule has 26 heavy (non-hydrogen) atoms. The number of benzene rings is 1. The van der Waals surface area contributed by atoms with Crippen molar-refractivity contribution in [1.29, 1.82) is 0 Å². The summed E-state index contributed by atoms with van der Waals surface area (Å²) in [5, 5.41) is 14.2. The molecule has 0 amide bonds. The van der Waals surface area contributed by atoms with Crippen molar-refractivity contribution in [3.63, 3.8) is 0 Å². The highest BCUT2D eigenvalue weighted by Crippen LogP contribution is 2.29. The van der Waals surface area contributed by atoms with Gasteiger partial charge in [0.25, 0.3) is 0 Å². The SMILES string of the molecule is CC(C)c1ccc(S(=O)(=O)NCc2ccc(C(O)c3ccsc3)s2)cc1. The number of thiophene rings is 2. The molecule has 0 saturated carbocycles. The number of rotatable bonds is 7. The fourth-order valence-corrected chi connectivity index (χ4v) is 5.26. The van der Waals surface area contributed by atoms with E-state index in [2.05, 4.69) is 18.6 Å². The van der Waals surface area contributed by atoms with Crippen LogP contribution in [-0.4, -0.2) is 13.5 Å². The second-order valence-electron chi connectivity index (χ2n) is 6.31. The molecule has 2 N–H and O–H groups in total. The first kappa shape index (κ1) is 19.3. The highest BCUT2D eigenvalue weighted by Gasteiger charge is 2.17. The first-order valence-corrected chi connectivity index (χ1v) is 11.5. The van der Waals surface area contributed by atoms with Crippen LogP contribution in [0.2, 0.25) is 0 Å². The lowest BCUT2D eigenvalue weighted by molar-refractivity contribution is 0.224. The second-order valence-corrected chi connectivity index (χ2v) is 10.1. The highest BCUT2D eigenvalue weighted by atomic mass is 32.2. The van der Waals surface area contributed by atoms with Crippen molar-refractivity contribution >= 4 is 32.7 Å². The van der Waals surface area contributed by atoms with Gasteiger partial charge in [-0.25, -0.2) is 13.1 Å². The Morgan fingerprint density at radius 3 is 2.38 bits per heavy atom. The molecular weight excluding hydrogens is 386 g/mol. The molecule has 7 heteroatoms. The van der Waals surface area contributed by atoms with Crippen LogP contribution in [0.4, 0.5) is 0 Å². The Kier molecular flexibility index (Phi) is 5.94. The fourth-order valence-electron chi connectivity index (χ4n) is 2.51. The van der Waals surface area contributed by atoms with Crippen molar-refractivity contribution in [1.82, 2.24) is 4.72 Å². The van der Waals surface area contributed by atoms with Gasteiger partial charge >= 0.3 is 0 Å². The van der Waals surface area contributed by atoms with E-state index in [1.165, 1.54) is 22.7 Å². The van der Waals surface area contributed by atoms with Crippen LogP contribution in [0.3, 0.4) is 0 Å². The standard InChI is InChI=1S/C19H21NO3S3/c1-13(2)14-3-6-17(7-4-14)26(22,23)20-11-16-5-8-18(25-16)19(21)15-9-10-24-12-15/h3-10,12-13,19-21H,11H2,1-2H3. The molecule has 0 aliphatic carbocycles. The predicted octanol–water partition coefficient (Wildman–Crippen LogP) is 4.49. The van der Waals surface area contributed by atoms with Gasteiger partial charge in [-0.3, -0.25) is 0 Å². The van der Waals surface area contributed by atoms with Gasteiger partial charge < -0.3 is 5.11 Å². The van der Waals surface area contributed by atoms with Crippen LogP contribution in [0.15, 0.2) is 58.1 Å². The monoisotopic (exact) mass is 407 g/mol. The van der Waals surface area contributed by atoms with Crippen molar-refractivity contribution in [2.45, 2.75) is 37.3 Å². The summed E-state index contributed by atoms with van der Waals surface area (Å²) in [5.74, 6) is 0.360. The van der Waals surface area contributed by atoms with E-state index in [1.54, 1.807) is 12.1 Å². The third-order valence-electron chi connectivity index (χ3n) is 4.10. The Labute approximate surface area is 162 Å².